The molecule has 1 heterocycles. The van der Waals surface area contributed by atoms with Gasteiger partial charge in [-0.3, -0.25) is 4.79 Å². The van der Waals surface area contributed by atoms with Gasteiger partial charge >= 0.3 is 0 Å². The van der Waals surface area contributed by atoms with Crippen molar-refractivity contribution in [1.82, 2.24) is 10.2 Å². The zero-order valence-corrected chi connectivity index (χ0v) is 13.6. The molecular weight excluding hydrogens is 307 g/mol. The SMILES string of the molecule is CNCC1CCN(C(=O)C2CC2c2cc(Cl)cc(Cl)c2)C1. The number of rotatable bonds is 4. The Balaban J connectivity index is 1.61. The van der Waals surface area contributed by atoms with E-state index in [-0.39, 0.29) is 11.8 Å². The predicted octanol–water partition coefficient (Wildman–Crippen LogP) is 3.16. The van der Waals surface area contributed by atoms with Crippen LogP contribution in [0.1, 0.15) is 24.3 Å². The molecule has 21 heavy (non-hydrogen) atoms. The third-order valence-corrected chi connectivity index (χ3v) is 4.95. The van der Waals surface area contributed by atoms with E-state index in [1.165, 1.54) is 0 Å². The minimum Gasteiger partial charge on any atom is -0.342 e. The van der Waals surface area contributed by atoms with E-state index in [4.69, 9.17) is 23.2 Å². The smallest absolute Gasteiger partial charge is 0.226 e. The van der Waals surface area contributed by atoms with E-state index in [0.29, 0.717) is 21.9 Å². The van der Waals surface area contributed by atoms with Crippen LogP contribution >= 0.6 is 23.2 Å². The van der Waals surface area contributed by atoms with Crippen LogP contribution in [-0.2, 0) is 4.79 Å². The minimum absolute atomic E-state index is 0.118. The molecule has 0 spiro atoms. The molecule has 0 radical (unpaired) electrons. The van der Waals surface area contributed by atoms with Gasteiger partial charge in [-0.05, 0) is 62.0 Å². The Morgan fingerprint density at radius 1 is 1.33 bits per heavy atom. The molecule has 1 aromatic carbocycles. The summed E-state index contributed by atoms with van der Waals surface area (Å²) >= 11 is 12.1. The zero-order valence-electron chi connectivity index (χ0n) is 12.1. The number of amides is 1. The minimum atomic E-state index is 0.118. The predicted molar refractivity (Wildman–Crippen MR) is 85.9 cm³/mol. The summed E-state index contributed by atoms with van der Waals surface area (Å²) in [6.07, 6.45) is 2.02. The Hall–Kier alpha value is -0.770. The lowest BCUT2D eigenvalue weighted by molar-refractivity contribution is -0.131. The lowest BCUT2D eigenvalue weighted by atomic mass is 10.1. The van der Waals surface area contributed by atoms with Crippen LogP contribution in [0, 0.1) is 11.8 Å². The Morgan fingerprint density at radius 3 is 2.71 bits per heavy atom. The van der Waals surface area contributed by atoms with Crippen molar-refractivity contribution in [3.8, 4) is 0 Å². The molecule has 1 aliphatic carbocycles. The Bertz CT molecular complexity index is 529. The zero-order chi connectivity index (χ0) is 15.0. The first-order valence-electron chi connectivity index (χ1n) is 7.48. The van der Waals surface area contributed by atoms with Crippen LogP contribution < -0.4 is 5.32 Å². The number of carbonyl (C=O) groups excluding carboxylic acids is 1. The number of carbonyl (C=O) groups is 1. The summed E-state index contributed by atoms with van der Waals surface area (Å²) in [5.74, 6) is 1.30. The van der Waals surface area contributed by atoms with Crippen molar-refractivity contribution >= 4 is 29.1 Å². The van der Waals surface area contributed by atoms with Gasteiger partial charge in [-0.2, -0.15) is 0 Å². The van der Waals surface area contributed by atoms with Gasteiger partial charge in [-0.25, -0.2) is 0 Å². The van der Waals surface area contributed by atoms with Gasteiger partial charge in [-0.15, -0.1) is 0 Å². The third kappa shape index (κ3) is 3.36. The summed E-state index contributed by atoms with van der Waals surface area (Å²) in [6.45, 7) is 2.77. The summed E-state index contributed by atoms with van der Waals surface area (Å²) in [5.41, 5.74) is 1.09. The largest absolute Gasteiger partial charge is 0.342 e. The van der Waals surface area contributed by atoms with Crippen molar-refractivity contribution in [3.63, 3.8) is 0 Å². The molecule has 2 aliphatic rings. The monoisotopic (exact) mass is 326 g/mol. The van der Waals surface area contributed by atoms with Crippen molar-refractivity contribution in [2.45, 2.75) is 18.8 Å². The molecule has 2 fully saturated rings. The Labute approximate surface area is 135 Å². The molecule has 1 aliphatic heterocycles. The molecule has 1 aromatic rings. The number of halogens is 2. The fourth-order valence-electron chi connectivity index (χ4n) is 3.35. The van der Waals surface area contributed by atoms with Crippen molar-refractivity contribution < 1.29 is 4.79 Å². The fourth-order valence-corrected chi connectivity index (χ4v) is 3.89. The van der Waals surface area contributed by atoms with Crippen LogP contribution in [0.2, 0.25) is 10.0 Å². The van der Waals surface area contributed by atoms with Crippen molar-refractivity contribution in [2.75, 3.05) is 26.7 Å². The standard InChI is InChI=1S/C16H20Cl2N2O/c1-19-8-10-2-3-20(9-10)16(21)15-7-14(15)11-4-12(17)6-13(18)5-11/h4-6,10,14-15,19H,2-3,7-9H2,1H3. The highest BCUT2D eigenvalue weighted by molar-refractivity contribution is 6.34. The van der Waals surface area contributed by atoms with Gasteiger partial charge in [0.15, 0.2) is 0 Å². The van der Waals surface area contributed by atoms with E-state index in [2.05, 4.69) is 5.32 Å². The van der Waals surface area contributed by atoms with E-state index in [9.17, 15) is 4.79 Å². The molecule has 114 valence electrons. The normalized spacial score (nSPS) is 28.0. The van der Waals surface area contributed by atoms with Gasteiger partial charge < -0.3 is 10.2 Å². The highest BCUT2D eigenvalue weighted by atomic mass is 35.5. The van der Waals surface area contributed by atoms with E-state index >= 15 is 0 Å². The van der Waals surface area contributed by atoms with Gasteiger partial charge in [0.25, 0.3) is 0 Å². The van der Waals surface area contributed by atoms with Gasteiger partial charge in [-0.1, -0.05) is 23.2 Å². The van der Waals surface area contributed by atoms with Gasteiger partial charge in [0.05, 0.1) is 0 Å². The van der Waals surface area contributed by atoms with E-state index in [1.54, 1.807) is 6.07 Å². The number of nitrogens with zero attached hydrogens (tertiary/aromatic N) is 1. The molecule has 3 rings (SSSR count). The highest BCUT2D eigenvalue weighted by Gasteiger charge is 2.46. The first-order chi connectivity index (χ1) is 10.1. The molecule has 1 N–H and O–H groups in total. The summed E-state index contributed by atoms with van der Waals surface area (Å²) in [5, 5.41) is 4.48. The summed E-state index contributed by atoms with van der Waals surface area (Å²) in [7, 11) is 1.96. The molecule has 1 saturated carbocycles. The average Bonchev–Trinajstić information content (AvgIpc) is 3.10. The van der Waals surface area contributed by atoms with Crippen molar-refractivity contribution in [3.05, 3.63) is 33.8 Å². The van der Waals surface area contributed by atoms with Gasteiger partial charge in [0.1, 0.15) is 0 Å². The molecule has 3 unspecified atom stereocenters. The average molecular weight is 327 g/mol. The van der Waals surface area contributed by atoms with Crippen LogP contribution in [0.4, 0.5) is 0 Å². The molecule has 3 atom stereocenters. The third-order valence-electron chi connectivity index (χ3n) is 4.51. The lowest BCUT2D eigenvalue weighted by Crippen LogP contribution is -2.31. The summed E-state index contributed by atoms with van der Waals surface area (Å²) in [6, 6.07) is 5.59. The maximum absolute atomic E-state index is 12.6. The maximum atomic E-state index is 12.6. The van der Waals surface area contributed by atoms with Crippen molar-refractivity contribution in [1.29, 1.82) is 0 Å². The van der Waals surface area contributed by atoms with E-state index < -0.39 is 0 Å². The molecule has 3 nitrogen and oxygen atoms in total. The maximum Gasteiger partial charge on any atom is 0.226 e. The molecule has 0 aromatic heterocycles. The van der Waals surface area contributed by atoms with Crippen LogP contribution in [0.15, 0.2) is 18.2 Å². The first-order valence-corrected chi connectivity index (χ1v) is 8.23. The first kappa shape index (κ1) is 15.1. The number of benzene rings is 1. The highest BCUT2D eigenvalue weighted by Crippen LogP contribution is 2.49. The molecule has 1 saturated heterocycles. The summed E-state index contributed by atoms with van der Waals surface area (Å²) in [4.78, 5) is 14.6. The molecule has 5 heteroatoms. The fraction of sp³-hybridized carbons (Fsp3) is 0.562. The molecular formula is C16H20Cl2N2O. The molecule has 1 amide bonds. The van der Waals surface area contributed by atoms with E-state index in [0.717, 1.165) is 38.0 Å². The number of hydrogen-bond donors (Lipinski definition) is 1. The second-order valence-electron chi connectivity index (χ2n) is 6.15. The second-order valence-corrected chi connectivity index (χ2v) is 7.02. The molecule has 0 bridgehead atoms. The van der Waals surface area contributed by atoms with Crippen LogP contribution in [0.5, 0.6) is 0 Å². The van der Waals surface area contributed by atoms with Crippen molar-refractivity contribution in [2.24, 2.45) is 11.8 Å². The Kier molecular flexibility index (Phi) is 4.43. The quantitative estimate of drug-likeness (QED) is 0.921. The number of nitrogens with one attached hydrogen (secondary N) is 1. The van der Waals surface area contributed by atoms with E-state index in [1.807, 2.05) is 24.1 Å². The number of hydrogen-bond acceptors (Lipinski definition) is 2. The topological polar surface area (TPSA) is 32.3 Å². The van der Waals surface area contributed by atoms with Gasteiger partial charge in [0, 0.05) is 29.1 Å². The number of likely N-dealkylation sites (tertiary alicyclic amines) is 1. The van der Waals surface area contributed by atoms with Crippen LogP contribution in [0.3, 0.4) is 0 Å². The second kappa shape index (κ2) is 6.15. The van der Waals surface area contributed by atoms with Gasteiger partial charge in [0.2, 0.25) is 5.91 Å². The Morgan fingerprint density at radius 2 is 2.05 bits per heavy atom. The summed E-state index contributed by atoms with van der Waals surface area (Å²) < 4.78 is 0. The van der Waals surface area contributed by atoms with Crippen LogP contribution in [0.25, 0.3) is 0 Å². The van der Waals surface area contributed by atoms with Crippen LogP contribution in [-0.4, -0.2) is 37.5 Å². The lowest BCUT2D eigenvalue weighted by Gasteiger charge is -2.16.